The van der Waals surface area contributed by atoms with Crippen molar-refractivity contribution in [3.8, 4) is 0 Å². The summed E-state index contributed by atoms with van der Waals surface area (Å²) in [5.74, 6) is 0.589. The van der Waals surface area contributed by atoms with Gasteiger partial charge in [-0.3, -0.25) is 9.59 Å². The molecule has 160 valence electrons. The van der Waals surface area contributed by atoms with Crippen molar-refractivity contribution < 1.29 is 14.1 Å². The van der Waals surface area contributed by atoms with Crippen LogP contribution in [-0.2, 0) is 20.4 Å². The van der Waals surface area contributed by atoms with Crippen LogP contribution in [0.3, 0.4) is 0 Å². The highest BCUT2D eigenvalue weighted by atomic mass is 16.5. The number of carbonyl (C=O) groups is 2. The van der Waals surface area contributed by atoms with E-state index in [9.17, 15) is 9.59 Å². The quantitative estimate of drug-likeness (QED) is 0.742. The fourth-order valence-corrected chi connectivity index (χ4v) is 4.70. The predicted molar refractivity (Wildman–Crippen MR) is 116 cm³/mol. The van der Waals surface area contributed by atoms with E-state index in [0.717, 1.165) is 24.1 Å². The van der Waals surface area contributed by atoms with E-state index in [1.54, 1.807) is 0 Å². The molecule has 3 rings (SSSR count). The number of amides is 2. The molecule has 1 saturated heterocycles. The zero-order valence-corrected chi connectivity index (χ0v) is 18.3. The fourth-order valence-electron chi connectivity index (χ4n) is 4.70. The number of likely N-dealkylation sites (tertiary alicyclic amines) is 1. The molecule has 1 N–H and O–H groups in total. The number of aryl methyl sites for hydroxylation is 2. The molecule has 1 aromatic heterocycles. The Kier molecular flexibility index (Phi) is 6.15. The molecule has 1 aromatic carbocycles. The van der Waals surface area contributed by atoms with Gasteiger partial charge in [-0.15, -0.1) is 0 Å². The van der Waals surface area contributed by atoms with Crippen molar-refractivity contribution in [2.24, 2.45) is 0 Å². The molecule has 2 heterocycles. The van der Waals surface area contributed by atoms with Gasteiger partial charge in [-0.05, 0) is 52.2 Å². The second-order valence-electron chi connectivity index (χ2n) is 8.68. The zero-order chi connectivity index (χ0) is 21.9. The summed E-state index contributed by atoms with van der Waals surface area (Å²) in [6.07, 6.45) is 2.85. The van der Waals surface area contributed by atoms with Crippen molar-refractivity contribution in [1.82, 2.24) is 15.4 Å². The van der Waals surface area contributed by atoms with Gasteiger partial charge in [0.1, 0.15) is 5.76 Å². The Morgan fingerprint density at radius 2 is 1.87 bits per heavy atom. The third-order valence-electron chi connectivity index (χ3n) is 6.37. The molecule has 30 heavy (non-hydrogen) atoms. The van der Waals surface area contributed by atoms with Gasteiger partial charge >= 0.3 is 0 Å². The van der Waals surface area contributed by atoms with Crippen LogP contribution in [-0.4, -0.2) is 41.5 Å². The third kappa shape index (κ3) is 4.04. The molecule has 0 spiro atoms. The first-order valence-electron chi connectivity index (χ1n) is 10.4. The average molecular weight is 410 g/mol. The number of nitrogens with zero attached hydrogens (tertiary/aromatic N) is 2. The lowest BCUT2D eigenvalue weighted by Gasteiger charge is -2.44. The SMILES string of the molecule is C=CC(=O)NCC1(c2ccccc2)CCN(C(=O)C(C)(C)c2c(C)noc2C)CC1. The summed E-state index contributed by atoms with van der Waals surface area (Å²) in [6, 6.07) is 10.2. The van der Waals surface area contributed by atoms with Crippen molar-refractivity contribution in [1.29, 1.82) is 0 Å². The standard InChI is InChI=1S/C24H31N3O3/c1-6-20(28)25-16-24(19-10-8-7-9-11-19)12-14-27(15-13-24)22(29)23(4,5)21-17(2)26-30-18(21)3/h6-11H,1,12-16H2,2-5H3,(H,25,28). The number of aromatic nitrogens is 1. The van der Waals surface area contributed by atoms with E-state index in [1.807, 2.05) is 50.8 Å². The Hall–Kier alpha value is -2.89. The van der Waals surface area contributed by atoms with E-state index in [1.165, 1.54) is 11.6 Å². The van der Waals surface area contributed by atoms with Crippen molar-refractivity contribution in [3.05, 3.63) is 65.6 Å². The number of nitrogens with one attached hydrogen (secondary N) is 1. The molecule has 1 fully saturated rings. The van der Waals surface area contributed by atoms with E-state index in [4.69, 9.17) is 4.52 Å². The Bertz CT molecular complexity index is 903. The molecule has 0 atom stereocenters. The Morgan fingerprint density at radius 1 is 1.23 bits per heavy atom. The fraction of sp³-hybridized carbons (Fsp3) is 0.458. The highest BCUT2D eigenvalue weighted by Crippen LogP contribution is 2.38. The molecule has 0 radical (unpaired) electrons. The van der Waals surface area contributed by atoms with Crippen molar-refractivity contribution in [3.63, 3.8) is 0 Å². The van der Waals surface area contributed by atoms with Gasteiger partial charge in [0.05, 0.1) is 11.1 Å². The lowest BCUT2D eigenvalue weighted by Crippen LogP contribution is -2.53. The summed E-state index contributed by atoms with van der Waals surface area (Å²) >= 11 is 0. The molecule has 0 saturated carbocycles. The van der Waals surface area contributed by atoms with Gasteiger partial charge in [-0.1, -0.05) is 42.1 Å². The first-order valence-corrected chi connectivity index (χ1v) is 10.4. The Labute approximate surface area is 178 Å². The molecular weight excluding hydrogens is 378 g/mol. The van der Waals surface area contributed by atoms with Gasteiger partial charge < -0.3 is 14.7 Å². The molecule has 0 aliphatic carbocycles. The molecule has 0 unspecified atom stereocenters. The Balaban J connectivity index is 1.80. The first kappa shape index (κ1) is 21.8. The molecule has 6 nitrogen and oxygen atoms in total. The van der Waals surface area contributed by atoms with Crippen LogP contribution in [0.5, 0.6) is 0 Å². The predicted octanol–water partition coefficient (Wildman–Crippen LogP) is 3.43. The second-order valence-corrected chi connectivity index (χ2v) is 8.68. The minimum absolute atomic E-state index is 0.0775. The topological polar surface area (TPSA) is 75.4 Å². The summed E-state index contributed by atoms with van der Waals surface area (Å²) in [6.45, 7) is 12.9. The van der Waals surface area contributed by atoms with E-state index in [0.29, 0.717) is 25.4 Å². The maximum atomic E-state index is 13.5. The number of benzene rings is 1. The summed E-state index contributed by atoms with van der Waals surface area (Å²) < 4.78 is 5.31. The molecule has 0 bridgehead atoms. The number of piperidine rings is 1. The monoisotopic (exact) mass is 409 g/mol. The number of rotatable bonds is 6. The van der Waals surface area contributed by atoms with Crippen LogP contribution in [0.1, 0.15) is 49.3 Å². The number of hydrogen-bond acceptors (Lipinski definition) is 4. The van der Waals surface area contributed by atoms with Gasteiger partial charge in [-0.2, -0.15) is 0 Å². The van der Waals surface area contributed by atoms with Crippen LogP contribution < -0.4 is 5.32 Å². The lowest BCUT2D eigenvalue weighted by molar-refractivity contribution is -0.138. The summed E-state index contributed by atoms with van der Waals surface area (Å²) in [5.41, 5.74) is 1.90. The van der Waals surface area contributed by atoms with Gasteiger partial charge in [0.15, 0.2) is 0 Å². The maximum absolute atomic E-state index is 13.5. The molecule has 2 amide bonds. The third-order valence-corrected chi connectivity index (χ3v) is 6.37. The number of hydrogen-bond donors (Lipinski definition) is 1. The largest absolute Gasteiger partial charge is 0.361 e. The van der Waals surface area contributed by atoms with Crippen LogP contribution in [0.25, 0.3) is 0 Å². The maximum Gasteiger partial charge on any atom is 0.243 e. The highest BCUT2D eigenvalue weighted by molar-refractivity contribution is 5.88. The second kappa shape index (κ2) is 8.46. The summed E-state index contributed by atoms with van der Waals surface area (Å²) in [5, 5.41) is 7.00. The van der Waals surface area contributed by atoms with Crippen molar-refractivity contribution >= 4 is 11.8 Å². The molecule has 2 aromatic rings. The first-order chi connectivity index (χ1) is 14.2. The van der Waals surface area contributed by atoms with Crippen LogP contribution in [0.4, 0.5) is 0 Å². The van der Waals surface area contributed by atoms with E-state index < -0.39 is 5.41 Å². The molecule has 6 heteroatoms. The van der Waals surface area contributed by atoms with Crippen LogP contribution in [0.2, 0.25) is 0 Å². The lowest BCUT2D eigenvalue weighted by atomic mass is 9.72. The van der Waals surface area contributed by atoms with Crippen LogP contribution in [0.15, 0.2) is 47.5 Å². The van der Waals surface area contributed by atoms with Gasteiger partial charge in [0.25, 0.3) is 0 Å². The minimum Gasteiger partial charge on any atom is -0.361 e. The van der Waals surface area contributed by atoms with Gasteiger partial charge in [0, 0.05) is 30.6 Å². The van der Waals surface area contributed by atoms with Crippen molar-refractivity contribution in [2.75, 3.05) is 19.6 Å². The van der Waals surface area contributed by atoms with E-state index >= 15 is 0 Å². The zero-order valence-electron chi connectivity index (χ0n) is 18.3. The van der Waals surface area contributed by atoms with Crippen LogP contribution in [0, 0.1) is 13.8 Å². The number of carbonyl (C=O) groups excluding carboxylic acids is 2. The average Bonchev–Trinajstić information content (AvgIpc) is 3.11. The van der Waals surface area contributed by atoms with E-state index in [-0.39, 0.29) is 17.2 Å². The normalized spacial score (nSPS) is 16.2. The summed E-state index contributed by atoms with van der Waals surface area (Å²) in [7, 11) is 0. The van der Waals surface area contributed by atoms with Crippen LogP contribution >= 0.6 is 0 Å². The molecule has 1 aliphatic rings. The van der Waals surface area contributed by atoms with Gasteiger partial charge in [-0.25, -0.2) is 0 Å². The molecular formula is C24H31N3O3. The van der Waals surface area contributed by atoms with Crippen molar-refractivity contribution in [2.45, 2.75) is 51.4 Å². The Morgan fingerprint density at radius 3 is 2.40 bits per heavy atom. The molecule has 1 aliphatic heterocycles. The minimum atomic E-state index is -0.710. The summed E-state index contributed by atoms with van der Waals surface area (Å²) in [4.78, 5) is 27.2. The van der Waals surface area contributed by atoms with Gasteiger partial charge in [0.2, 0.25) is 11.8 Å². The smallest absolute Gasteiger partial charge is 0.243 e. The van der Waals surface area contributed by atoms with E-state index in [2.05, 4.69) is 29.2 Å². The highest BCUT2D eigenvalue weighted by Gasteiger charge is 2.43.